The predicted octanol–water partition coefficient (Wildman–Crippen LogP) is 1.28. The molecule has 0 rings (SSSR count). The molecule has 72 valence electrons. The van der Waals surface area contributed by atoms with Crippen molar-refractivity contribution < 1.29 is 9.53 Å². The molecule has 0 aromatic carbocycles. The summed E-state index contributed by atoms with van der Waals surface area (Å²) in [5, 5.41) is 0. The Kier molecular flexibility index (Phi) is 5.72. The molecule has 0 spiro atoms. The molecule has 0 saturated carbocycles. The first-order valence-electron chi connectivity index (χ1n) is 4.43. The molecule has 0 amide bonds. The molecule has 0 aliphatic carbocycles. The van der Waals surface area contributed by atoms with Crippen LogP contribution in [0.1, 0.15) is 27.2 Å². The van der Waals surface area contributed by atoms with Crippen molar-refractivity contribution in [2.24, 2.45) is 0 Å². The lowest BCUT2D eigenvalue weighted by atomic mass is 10.3. The van der Waals surface area contributed by atoms with E-state index in [9.17, 15) is 4.79 Å². The van der Waals surface area contributed by atoms with Crippen LogP contribution in [0.25, 0.3) is 0 Å². The molecule has 0 fully saturated rings. The summed E-state index contributed by atoms with van der Waals surface area (Å²) in [4.78, 5) is 13.0. The Balaban J connectivity index is 3.54. The highest BCUT2D eigenvalue weighted by Crippen LogP contribution is 1.93. The van der Waals surface area contributed by atoms with E-state index in [4.69, 9.17) is 4.74 Å². The summed E-state index contributed by atoms with van der Waals surface area (Å²) in [6, 6.07) is 0.388. The Labute approximate surface area is 74.7 Å². The molecule has 0 saturated heterocycles. The third kappa shape index (κ3) is 5.13. The van der Waals surface area contributed by atoms with Crippen LogP contribution in [0, 0.1) is 0 Å². The van der Waals surface area contributed by atoms with Crippen LogP contribution in [0.2, 0.25) is 0 Å². The van der Waals surface area contributed by atoms with Gasteiger partial charge in [-0.05, 0) is 27.3 Å². The van der Waals surface area contributed by atoms with E-state index in [1.165, 1.54) is 0 Å². The van der Waals surface area contributed by atoms with Gasteiger partial charge in [-0.1, -0.05) is 6.92 Å². The van der Waals surface area contributed by atoms with Crippen molar-refractivity contribution in [1.29, 1.82) is 0 Å². The highest BCUT2D eigenvalue weighted by atomic mass is 16.5. The molecule has 3 nitrogen and oxygen atoms in total. The number of hydrogen-bond acceptors (Lipinski definition) is 3. The number of carbonyl (C=O) groups excluding carboxylic acids is 1. The van der Waals surface area contributed by atoms with Gasteiger partial charge in [-0.3, -0.25) is 9.69 Å². The number of carbonyl (C=O) groups is 1. The zero-order chi connectivity index (χ0) is 9.56. The van der Waals surface area contributed by atoms with Crippen LogP contribution in [-0.2, 0) is 9.53 Å². The fourth-order valence-electron chi connectivity index (χ4n) is 0.648. The van der Waals surface area contributed by atoms with Gasteiger partial charge in [0.25, 0.3) is 0 Å². The van der Waals surface area contributed by atoms with Gasteiger partial charge in [0.2, 0.25) is 0 Å². The summed E-state index contributed by atoms with van der Waals surface area (Å²) in [7, 11) is 1.91. The maximum atomic E-state index is 11.1. The summed E-state index contributed by atoms with van der Waals surface area (Å²) >= 11 is 0. The van der Waals surface area contributed by atoms with Crippen molar-refractivity contribution in [3.63, 3.8) is 0 Å². The summed E-state index contributed by atoms with van der Waals surface area (Å²) < 4.78 is 4.93. The van der Waals surface area contributed by atoms with E-state index in [0.29, 0.717) is 19.2 Å². The number of likely N-dealkylation sites (N-methyl/N-ethyl adjacent to an activating group) is 1. The lowest BCUT2D eigenvalue weighted by Crippen LogP contribution is -2.32. The van der Waals surface area contributed by atoms with Crippen molar-refractivity contribution in [1.82, 2.24) is 4.90 Å². The molecule has 0 radical (unpaired) electrons. The second-order valence-electron chi connectivity index (χ2n) is 3.23. The van der Waals surface area contributed by atoms with Crippen molar-refractivity contribution >= 4 is 5.97 Å². The van der Waals surface area contributed by atoms with E-state index in [2.05, 4.69) is 0 Å². The van der Waals surface area contributed by atoms with Crippen molar-refractivity contribution in [3.05, 3.63) is 0 Å². The number of esters is 1. The van der Waals surface area contributed by atoms with Crippen molar-refractivity contribution in [2.45, 2.75) is 33.2 Å². The molecule has 0 aliphatic rings. The summed E-state index contributed by atoms with van der Waals surface area (Å²) in [5.41, 5.74) is 0. The molecule has 0 aromatic heterocycles. The summed E-state index contributed by atoms with van der Waals surface area (Å²) in [5.74, 6) is -0.131. The quantitative estimate of drug-likeness (QED) is 0.586. The minimum Gasteiger partial charge on any atom is -0.465 e. The van der Waals surface area contributed by atoms with Crippen LogP contribution >= 0.6 is 0 Å². The molecule has 0 N–H and O–H groups in total. The second-order valence-corrected chi connectivity index (χ2v) is 3.23. The van der Waals surface area contributed by atoms with Crippen LogP contribution in [0.5, 0.6) is 0 Å². The first-order valence-corrected chi connectivity index (χ1v) is 4.43. The molecule has 12 heavy (non-hydrogen) atoms. The van der Waals surface area contributed by atoms with E-state index >= 15 is 0 Å². The molecule has 3 heteroatoms. The maximum Gasteiger partial charge on any atom is 0.320 e. The lowest BCUT2D eigenvalue weighted by molar-refractivity contribution is -0.145. The third-order valence-electron chi connectivity index (χ3n) is 1.73. The highest BCUT2D eigenvalue weighted by Gasteiger charge is 2.09. The normalized spacial score (nSPS) is 10.8. The lowest BCUT2D eigenvalue weighted by Gasteiger charge is -2.19. The van der Waals surface area contributed by atoms with Gasteiger partial charge >= 0.3 is 5.97 Å². The topological polar surface area (TPSA) is 29.5 Å². The van der Waals surface area contributed by atoms with Crippen LogP contribution in [0.4, 0.5) is 0 Å². The molecule has 0 unspecified atom stereocenters. The maximum absolute atomic E-state index is 11.1. The largest absolute Gasteiger partial charge is 0.465 e. The van der Waals surface area contributed by atoms with Crippen LogP contribution in [-0.4, -0.2) is 37.1 Å². The van der Waals surface area contributed by atoms with Gasteiger partial charge in [0.15, 0.2) is 0 Å². The first kappa shape index (κ1) is 11.4. The molecular formula is C9H19NO2. The van der Waals surface area contributed by atoms with Gasteiger partial charge in [0, 0.05) is 6.04 Å². The van der Waals surface area contributed by atoms with Gasteiger partial charge in [0.05, 0.1) is 13.2 Å². The number of rotatable bonds is 5. The standard InChI is InChI=1S/C9H19NO2/c1-5-6-12-9(11)7-10(4)8(2)3/h8H,5-7H2,1-4H3. The molecule has 0 atom stereocenters. The van der Waals surface area contributed by atoms with Crippen LogP contribution in [0.3, 0.4) is 0 Å². The molecule has 0 heterocycles. The van der Waals surface area contributed by atoms with E-state index in [0.717, 1.165) is 6.42 Å². The predicted molar refractivity (Wildman–Crippen MR) is 49.0 cm³/mol. The average Bonchev–Trinajstić information content (AvgIpc) is 2.00. The molecular weight excluding hydrogens is 154 g/mol. The number of ether oxygens (including phenoxy) is 1. The second kappa shape index (κ2) is 6.00. The zero-order valence-electron chi connectivity index (χ0n) is 8.46. The van der Waals surface area contributed by atoms with Gasteiger partial charge in [0.1, 0.15) is 0 Å². The van der Waals surface area contributed by atoms with Gasteiger partial charge < -0.3 is 4.74 Å². The Bertz CT molecular complexity index is 134. The first-order chi connectivity index (χ1) is 5.57. The third-order valence-corrected chi connectivity index (χ3v) is 1.73. The van der Waals surface area contributed by atoms with E-state index in [1.54, 1.807) is 0 Å². The molecule has 0 bridgehead atoms. The Morgan fingerprint density at radius 1 is 1.50 bits per heavy atom. The zero-order valence-corrected chi connectivity index (χ0v) is 8.46. The van der Waals surface area contributed by atoms with Gasteiger partial charge in [-0.25, -0.2) is 0 Å². The molecule has 0 aliphatic heterocycles. The Morgan fingerprint density at radius 2 is 2.08 bits per heavy atom. The highest BCUT2D eigenvalue weighted by molar-refractivity contribution is 5.71. The number of hydrogen-bond donors (Lipinski definition) is 0. The summed E-state index contributed by atoms with van der Waals surface area (Å²) in [6.07, 6.45) is 0.886. The minimum absolute atomic E-state index is 0.131. The smallest absolute Gasteiger partial charge is 0.320 e. The van der Waals surface area contributed by atoms with E-state index in [1.807, 2.05) is 32.7 Å². The fraction of sp³-hybridized carbons (Fsp3) is 0.889. The summed E-state index contributed by atoms with van der Waals surface area (Å²) in [6.45, 7) is 7.00. The fourth-order valence-corrected chi connectivity index (χ4v) is 0.648. The van der Waals surface area contributed by atoms with Crippen LogP contribution in [0.15, 0.2) is 0 Å². The van der Waals surface area contributed by atoms with E-state index in [-0.39, 0.29) is 5.97 Å². The van der Waals surface area contributed by atoms with Gasteiger partial charge in [-0.2, -0.15) is 0 Å². The average molecular weight is 173 g/mol. The van der Waals surface area contributed by atoms with Crippen molar-refractivity contribution in [2.75, 3.05) is 20.2 Å². The van der Waals surface area contributed by atoms with Crippen molar-refractivity contribution in [3.8, 4) is 0 Å². The SMILES string of the molecule is CCCOC(=O)CN(C)C(C)C. The molecule has 0 aromatic rings. The van der Waals surface area contributed by atoms with Gasteiger partial charge in [-0.15, -0.1) is 0 Å². The number of nitrogens with zero attached hydrogens (tertiary/aromatic N) is 1. The monoisotopic (exact) mass is 173 g/mol. The van der Waals surface area contributed by atoms with E-state index < -0.39 is 0 Å². The van der Waals surface area contributed by atoms with Crippen LogP contribution < -0.4 is 0 Å². The Hall–Kier alpha value is -0.570. The Morgan fingerprint density at radius 3 is 2.50 bits per heavy atom. The minimum atomic E-state index is -0.131.